The van der Waals surface area contributed by atoms with E-state index in [-0.39, 0.29) is 11.8 Å². The fourth-order valence-corrected chi connectivity index (χ4v) is 11.1. The number of carbonyl (C=O) groups is 1. The van der Waals surface area contributed by atoms with Crippen LogP contribution >= 0.6 is 11.6 Å². The highest BCUT2D eigenvalue weighted by molar-refractivity contribution is 7.90. The van der Waals surface area contributed by atoms with E-state index in [1.54, 1.807) is 13.0 Å². The van der Waals surface area contributed by atoms with Crippen molar-refractivity contribution in [1.82, 2.24) is 14.5 Å². The second-order valence-electron chi connectivity index (χ2n) is 17.6. The van der Waals surface area contributed by atoms with Gasteiger partial charge in [-0.25, -0.2) is 13.1 Å². The highest BCUT2D eigenvalue weighted by Crippen LogP contribution is 2.47. The predicted octanol–water partition coefficient (Wildman–Crippen LogP) is 7.71. The van der Waals surface area contributed by atoms with Crippen LogP contribution in [-0.2, 0) is 27.8 Å². The molecule has 1 saturated carbocycles. The minimum absolute atomic E-state index is 0.214. The van der Waals surface area contributed by atoms with Gasteiger partial charge < -0.3 is 14.4 Å². The molecule has 3 fully saturated rings. The van der Waals surface area contributed by atoms with Gasteiger partial charge in [-0.15, -0.1) is 0 Å². The molecule has 9 nitrogen and oxygen atoms in total. The fourth-order valence-electron chi connectivity index (χ4n) is 9.58. The van der Waals surface area contributed by atoms with Gasteiger partial charge in [0.15, 0.2) is 0 Å². The maximum Gasteiger partial charge on any atom is 0.264 e. The van der Waals surface area contributed by atoms with Gasteiger partial charge in [0.05, 0.1) is 17.5 Å². The zero-order valence-corrected chi connectivity index (χ0v) is 35.1. The quantitative estimate of drug-likeness (QED) is 0.308. The Hall–Kier alpha value is -2.63. The number of hydrogen-bond acceptors (Lipinski definition) is 8. The molecule has 0 aromatic heterocycles. The van der Waals surface area contributed by atoms with E-state index in [2.05, 4.69) is 51.5 Å². The van der Waals surface area contributed by atoms with E-state index in [4.69, 9.17) is 21.1 Å². The molecule has 0 spiro atoms. The molecular formula is C44H63ClN4O5S. The Kier molecular flexibility index (Phi) is 12.9. The Labute approximate surface area is 335 Å². The standard InChI is InChI=1S/C44H63ClN4O5S/c1-31(2)28-54-44(30-47-22-23-48-20-8-6-12-39(48)27-47)19-9-10-32(3)33(4)55(51,52)46-43(50)35-15-18-42-41(25-35)49(26-36-14-17-40(36)44)21-7-5-11-34-24-38(45)16-13-37(34)29-53-42/h9,13,15-16,18-19,24-25,31-33,36,39-40H,5-8,10-12,14,17,20-23,26-30H2,1-4H3,(H,46,50)/b19-9+/t32-,33+,36-,39?,40+,44-/m0/s1. The number of nitrogens with zero attached hydrogens (tertiary/aromatic N) is 3. The topological polar surface area (TPSA) is 91.4 Å². The largest absolute Gasteiger partial charge is 0.487 e. The summed E-state index contributed by atoms with van der Waals surface area (Å²) in [5, 5.41) is -0.0487. The van der Waals surface area contributed by atoms with Crippen LogP contribution < -0.4 is 14.4 Å². The third-order valence-corrected chi connectivity index (χ3v) is 15.4. The zero-order chi connectivity index (χ0) is 38.7. The number of anilines is 1. The monoisotopic (exact) mass is 794 g/mol. The Balaban J connectivity index is 1.28. The van der Waals surface area contributed by atoms with E-state index in [1.165, 1.54) is 31.4 Å². The normalized spacial score (nSPS) is 31.4. The summed E-state index contributed by atoms with van der Waals surface area (Å²) in [6.07, 6.45) is 14.0. The van der Waals surface area contributed by atoms with Crippen LogP contribution in [0.5, 0.6) is 5.75 Å². The van der Waals surface area contributed by atoms with Crippen molar-refractivity contribution in [2.75, 3.05) is 57.3 Å². The van der Waals surface area contributed by atoms with Crippen molar-refractivity contribution in [3.8, 4) is 5.75 Å². The minimum Gasteiger partial charge on any atom is -0.487 e. The number of fused-ring (bicyclic) bond motifs is 4. The first-order valence-electron chi connectivity index (χ1n) is 21.0. The van der Waals surface area contributed by atoms with E-state index >= 15 is 0 Å². The van der Waals surface area contributed by atoms with Gasteiger partial charge >= 0.3 is 0 Å². The van der Waals surface area contributed by atoms with Crippen molar-refractivity contribution >= 4 is 33.2 Å². The maximum absolute atomic E-state index is 13.7. The highest BCUT2D eigenvalue weighted by Gasteiger charge is 2.49. The van der Waals surface area contributed by atoms with Gasteiger partial charge in [0, 0.05) is 55.9 Å². The number of aryl methyl sites for hydroxylation is 1. The summed E-state index contributed by atoms with van der Waals surface area (Å²) >= 11 is 6.44. The van der Waals surface area contributed by atoms with Crippen molar-refractivity contribution in [1.29, 1.82) is 0 Å². The number of halogens is 1. The van der Waals surface area contributed by atoms with Crippen LogP contribution in [0.25, 0.3) is 0 Å². The molecule has 1 N–H and O–H groups in total. The molecule has 6 atom stereocenters. The van der Waals surface area contributed by atoms with E-state index in [1.807, 2.05) is 31.2 Å². The van der Waals surface area contributed by atoms with E-state index in [9.17, 15) is 13.2 Å². The number of benzene rings is 2. The SMILES string of the molecule is CC(C)CO[C@]1(CN2CCN3CCCCC3C2)/C=C/C[C@H](C)[C@@H](C)S(=O)(=O)NC(=O)c2ccc3c(c2)N(CCCCc2cc(Cl)ccc2CO3)C[C@@H]2CC[C@H]21. The average Bonchev–Trinajstić information content (AvgIpc) is 3.17. The molecule has 1 amide bonds. The summed E-state index contributed by atoms with van der Waals surface area (Å²) < 4.78 is 43.7. The van der Waals surface area contributed by atoms with E-state index in [0.29, 0.717) is 48.8 Å². The fraction of sp³-hybridized carbons (Fsp3) is 0.659. The van der Waals surface area contributed by atoms with Crippen LogP contribution in [0.2, 0.25) is 5.02 Å². The van der Waals surface area contributed by atoms with Crippen molar-refractivity contribution in [2.24, 2.45) is 23.7 Å². The second-order valence-corrected chi connectivity index (χ2v) is 20.1. The molecule has 2 aromatic rings. The molecule has 4 heterocycles. The van der Waals surface area contributed by atoms with E-state index in [0.717, 1.165) is 87.6 Å². The molecule has 2 aromatic carbocycles. The minimum atomic E-state index is -3.96. The number of piperidine rings is 1. The van der Waals surface area contributed by atoms with Crippen LogP contribution in [0, 0.1) is 23.7 Å². The number of carbonyl (C=O) groups excluding carboxylic acids is 1. The third-order valence-electron chi connectivity index (χ3n) is 13.2. The summed E-state index contributed by atoms with van der Waals surface area (Å²) in [6, 6.07) is 12.0. The van der Waals surface area contributed by atoms with Crippen LogP contribution in [0.1, 0.15) is 101 Å². The van der Waals surface area contributed by atoms with Gasteiger partial charge in [0.25, 0.3) is 5.91 Å². The molecule has 1 aliphatic carbocycles. The number of hydrogen-bond donors (Lipinski definition) is 1. The lowest BCUT2D eigenvalue weighted by Crippen LogP contribution is -2.61. The Morgan fingerprint density at radius 2 is 1.80 bits per heavy atom. The predicted molar refractivity (Wildman–Crippen MR) is 222 cm³/mol. The summed E-state index contributed by atoms with van der Waals surface area (Å²) in [7, 11) is -3.96. The molecule has 4 aliphatic heterocycles. The number of allylic oxidation sites excluding steroid dienone is 1. The van der Waals surface area contributed by atoms with Crippen molar-refractivity contribution in [2.45, 2.75) is 109 Å². The smallest absolute Gasteiger partial charge is 0.264 e. The van der Waals surface area contributed by atoms with Gasteiger partial charge in [-0.05, 0) is 130 Å². The lowest BCUT2D eigenvalue weighted by atomic mass is 9.63. The highest BCUT2D eigenvalue weighted by atomic mass is 35.5. The number of ether oxygens (including phenoxy) is 2. The average molecular weight is 796 g/mol. The first kappa shape index (κ1) is 40.6. The summed E-state index contributed by atoms with van der Waals surface area (Å²) in [5.41, 5.74) is 2.94. The van der Waals surface area contributed by atoms with Crippen LogP contribution in [-0.4, -0.2) is 93.4 Å². The zero-order valence-electron chi connectivity index (χ0n) is 33.5. The van der Waals surface area contributed by atoms with Gasteiger partial charge in [-0.1, -0.05) is 57.0 Å². The van der Waals surface area contributed by atoms with Gasteiger partial charge in [0.2, 0.25) is 10.0 Å². The number of rotatable bonds is 5. The van der Waals surface area contributed by atoms with E-state index < -0.39 is 26.8 Å². The van der Waals surface area contributed by atoms with Gasteiger partial charge in [-0.3, -0.25) is 14.6 Å². The molecule has 2 bridgehead atoms. The van der Waals surface area contributed by atoms with Crippen LogP contribution in [0.4, 0.5) is 5.69 Å². The Morgan fingerprint density at radius 3 is 2.60 bits per heavy atom. The van der Waals surface area contributed by atoms with Crippen molar-refractivity contribution < 1.29 is 22.7 Å². The lowest BCUT2D eigenvalue weighted by Gasteiger charge is -2.53. The van der Waals surface area contributed by atoms with Crippen LogP contribution in [0.15, 0.2) is 48.6 Å². The molecule has 5 aliphatic rings. The Morgan fingerprint density at radius 1 is 0.964 bits per heavy atom. The van der Waals surface area contributed by atoms with Crippen LogP contribution in [0.3, 0.4) is 0 Å². The second kappa shape index (κ2) is 17.5. The molecule has 302 valence electrons. The molecular weight excluding hydrogens is 732 g/mol. The molecule has 7 rings (SSSR count). The maximum atomic E-state index is 13.7. The van der Waals surface area contributed by atoms with Crippen molar-refractivity contribution in [3.63, 3.8) is 0 Å². The molecule has 2 saturated heterocycles. The Bertz CT molecular complexity index is 1800. The number of sulfonamides is 1. The lowest BCUT2D eigenvalue weighted by molar-refractivity contribution is -0.125. The summed E-state index contributed by atoms with van der Waals surface area (Å²) in [6.45, 7) is 16.0. The van der Waals surface area contributed by atoms with Gasteiger partial charge in [0.1, 0.15) is 18.0 Å². The number of nitrogens with one attached hydrogen (secondary N) is 1. The summed E-state index contributed by atoms with van der Waals surface area (Å²) in [5.74, 6) is 0.891. The van der Waals surface area contributed by atoms with Crippen molar-refractivity contribution in [3.05, 3.63) is 70.3 Å². The first-order chi connectivity index (χ1) is 26.4. The molecule has 1 unspecified atom stereocenters. The molecule has 0 radical (unpaired) electrons. The summed E-state index contributed by atoms with van der Waals surface area (Å²) in [4.78, 5) is 21.5. The first-order valence-corrected chi connectivity index (χ1v) is 23.0. The molecule has 11 heteroatoms. The van der Waals surface area contributed by atoms with Gasteiger partial charge in [-0.2, -0.15) is 0 Å². The number of piperazine rings is 1. The number of amides is 1. The third kappa shape index (κ3) is 9.41. The molecule has 55 heavy (non-hydrogen) atoms.